The molecule has 0 amide bonds. The van der Waals surface area contributed by atoms with Crippen molar-refractivity contribution >= 4 is 46.4 Å². The largest absolute Gasteiger partial charge is 0.416 e. The number of alkyl halides is 10. The Morgan fingerprint density at radius 3 is 1.67 bits per heavy atom. The van der Waals surface area contributed by atoms with Crippen LogP contribution in [0.15, 0.2) is 42.1 Å². The molecule has 1 aliphatic rings. The molecule has 2 atom stereocenters. The van der Waals surface area contributed by atoms with Crippen LogP contribution in [0.25, 0.3) is 0 Å². The zero-order valence-electron chi connectivity index (χ0n) is 13.9. The highest BCUT2D eigenvalue weighted by Gasteiger charge is 2.73. The van der Waals surface area contributed by atoms with E-state index in [1.165, 1.54) is 12.1 Å². The summed E-state index contributed by atoms with van der Waals surface area (Å²) in [6.07, 6.45) is -9.38. The first-order valence-electron chi connectivity index (χ1n) is 7.29. The Hall–Kier alpha value is -1.50. The van der Waals surface area contributed by atoms with Crippen molar-refractivity contribution in [1.29, 1.82) is 0 Å². The highest BCUT2D eigenvalue weighted by atomic mass is 35.5. The minimum Gasteiger partial charge on any atom is -0.264 e. The lowest BCUT2D eigenvalue weighted by Gasteiger charge is -2.38. The lowest BCUT2D eigenvalue weighted by Crippen LogP contribution is -2.60. The summed E-state index contributed by atoms with van der Waals surface area (Å²) < 4.78 is 67.8. The van der Waals surface area contributed by atoms with Crippen molar-refractivity contribution < 1.29 is 36.2 Å². The minimum absolute atomic E-state index is 0.0139. The Kier molecular flexibility index (Phi) is 7.90. The van der Waals surface area contributed by atoms with E-state index in [1.807, 2.05) is 0 Å². The maximum Gasteiger partial charge on any atom is 0.416 e. The second kappa shape index (κ2) is 8.93. The van der Waals surface area contributed by atoms with E-state index in [9.17, 15) is 46.6 Å². The average Bonchev–Trinajstić information content (AvgIpc) is 2.51. The minimum atomic E-state index is -5.16. The van der Waals surface area contributed by atoms with Gasteiger partial charge in [-0.25, -0.2) is 0 Å². The van der Waals surface area contributed by atoms with Crippen LogP contribution >= 0.6 is 46.4 Å². The predicted molar refractivity (Wildman–Crippen MR) is 95.7 cm³/mol. The molecule has 30 heavy (non-hydrogen) atoms. The zero-order chi connectivity index (χ0) is 23.7. The van der Waals surface area contributed by atoms with Crippen molar-refractivity contribution in [2.24, 2.45) is 5.92 Å². The molecule has 0 aromatic heterocycles. The van der Waals surface area contributed by atoms with E-state index < -0.39 is 54.1 Å². The van der Waals surface area contributed by atoms with Crippen LogP contribution in [-0.4, -0.2) is 30.7 Å². The number of hydrogen-bond donors (Lipinski definition) is 0. The molecule has 168 valence electrons. The Balaban J connectivity index is 0.000000375. The van der Waals surface area contributed by atoms with Gasteiger partial charge in [-0.2, -0.15) is 26.3 Å². The quantitative estimate of drug-likeness (QED) is 0.205. The summed E-state index contributed by atoms with van der Waals surface area (Å²) in [5.74, 6) is -2.88. The van der Waals surface area contributed by atoms with E-state index in [1.54, 1.807) is 6.07 Å². The van der Waals surface area contributed by atoms with E-state index >= 15 is 0 Å². The number of nitrogens with zero attached hydrogens (tertiary/aromatic N) is 2. The van der Waals surface area contributed by atoms with Crippen LogP contribution in [0.2, 0.25) is 0 Å². The van der Waals surface area contributed by atoms with Gasteiger partial charge in [-0.3, -0.25) is 20.2 Å². The fourth-order valence-electron chi connectivity index (χ4n) is 2.33. The van der Waals surface area contributed by atoms with E-state index in [4.69, 9.17) is 46.4 Å². The molecule has 0 aliphatic heterocycles. The molecule has 0 bridgehead atoms. The average molecular weight is 524 g/mol. The van der Waals surface area contributed by atoms with Crippen LogP contribution in [0.1, 0.15) is 5.56 Å². The summed E-state index contributed by atoms with van der Waals surface area (Å²) >= 11 is 21.8. The molecular formula is C14H8Cl4F6N2O4. The number of nitro groups is 2. The van der Waals surface area contributed by atoms with E-state index in [0.717, 1.165) is 12.1 Å². The molecule has 1 aromatic carbocycles. The Bertz CT molecular complexity index is 830. The molecule has 0 spiro atoms. The monoisotopic (exact) mass is 522 g/mol. The van der Waals surface area contributed by atoms with E-state index in [0.29, 0.717) is 0 Å². The molecule has 0 fully saturated rings. The normalized spacial score (nSPS) is 22.9. The van der Waals surface area contributed by atoms with Gasteiger partial charge in [0.1, 0.15) is 5.92 Å². The first-order chi connectivity index (χ1) is 13.3. The van der Waals surface area contributed by atoms with Crippen LogP contribution in [-0.2, 0) is 6.18 Å². The molecule has 1 aromatic rings. The number of rotatable bonds is 2. The lowest BCUT2D eigenvalue weighted by molar-refractivity contribution is -0.538. The lowest BCUT2D eigenvalue weighted by atomic mass is 9.87. The molecule has 2 rings (SSSR count). The van der Waals surface area contributed by atoms with E-state index in [-0.39, 0.29) is 6.08 Å². The molecular weight excluding hydrogens is 516 g/mol. The van der Waals surface area contributed by atoms with Crippen LogP contribution in [0.5, 0.6) is 0 Å². The van der Waals surface area contributed by atoms with Gasteiger partial charge in [0.2, 0.25) is 4.33 Å². The third-order valence-electron chi connectivity index (χ3n) is 3.65. The number of allylic oxidation sites excluding steroid dienone is 1. The summed E-state index contributed by atoms with van der Waals surface area (Å²) in [7, 11) is 0. The molecule has 0 saturated carbocycles. The smallest absolute Gasteiger partial charge is 0.264 e. The van der Waals surface area contributed by atoms with Gasteiger partial charge in [0.15, 0.2) is 0 Å². The molecule has 6 nitrogen and oxygen atoms in total. The zero-order valence-corrected chi connectivity index (χ0v) is 16.9. The topological polar surface area (TPSA) is 86.3 Å². The van der Waals surface area contributed by atoms with Crippen molar-refractivity contribution in [3.63, 3.8) is 0 Å². The number of benzene rings is 1. The van der Waals surface area contributed by atoms with Gasteiger partial charge < -0.3 is 0 Å². The SMILES string of the molecule is FC(F)(F)c1ccccc1.O=[N+]([O-])C1=CC(C(F)(F)F)C(Cl)(Cl)C([N+](=O)[O-])C1(Cl)Cl. The second-order valence-electron chi connectivity index (χ2n) is 5.68. The first-order valence-corrected chi connectivity index (χ1v) is 8.80. The molecule has 0 saturated heterocycles. The number of halogens is 10. The van der Waals surface area contributed by atoms with Gasteiger partial charge in [0, 0.05) is 11.0 Å². The van der Waals surface area contributed by atoms with Gasteiger partial charge in [-0.05, 0) is 0 Å². The summed E-state index contributed by atoms with van der Waals surface area (Å²) in [4.78, 5) is 18.9. The van der Waals surface area contributed by atoms with E-state index in [2.05, 4.69) is 0 Å². The van der Waals surface area contributed by atoms with Gasteiger partial charge >= 0.3 is 12.4 Å². The van der Waals surface area contributed by atoms with Crippen molar-refractivity contribution in [3.8, 4) is 0 Å². The highest BCUT2D eigenvalue weighted by molar-refractivity contribution is 6.55. The Morgan fingerprint density at radius 1 is 0.900 bits per heavy atom. The van der Waals surface area contributed by atoms with Gasteiger partial charge in [-0.15, -0.1) is 0 Å². The van der Waals surface area contributed by atoms with Gasteiger partial charge in [0.05, 0.1) is 10.5 Å². The summed E-state index contributed by atoms with van der Waals surface area (Å²) in [5, 5.41) is 21.6. The van der Waals surface area contributed by atoms with Crippen molar-refractivity contribution in [2.75, 3.05) is 0 Å². The summed E-state index contributed by atoms with van der Waals surface area (Å²) in [6, 6.07) is 3.71. The third kappa shape index (κ3) is 5.80. The predicted octanol–water partition coefficient (Wildman–Crippen LogP) is 6.04. The van der Waals surface area contributed by atoms with Gasteiger partial charge in [0.25, 0.3) is 16.1 Å². The Labute approximate surface area is 183 Å². The third-order valence-corrected chi connectivity index (χ3v) is 5.33. The van der Waals surface area contributed by atoms with Crippen molar-refractivity contribution in [1.82, 2.24) is 0 Å². The fourth-order valence-corrected chi connectivity index (χ4v) is 4.18. The van der Waals surface area contributed by atoms with Crippen LogP contribution in [0, 0.1) is 26.1 Å². The van der Waals surface area contributed by atoms with Gasteiger partial charge in [-0.1, -0.05) is 76.7 Å². The number of hydrogen-bond acceptors (Lipinski definition) is 4. The van der Waals surface area contributed by atoms with Crippen LogP contribution in [0.4, 0.5) is 26.3 Å². The maximum atomic E-state index is 12.8. The summed E-state index contributed by atoms with van der Waals surface area (Å²) in [6.45, 7) is 0. The molecule has 0 N–H and O–H groups in total. The Morgan fingerprint density at radius 2 is 1.37 bits per heavy atom. The fraction of sp³-hybridized carbons (Fsp3) is 0.429. The maximum absolute atomic E-state index is 12.8. The molecule has 2 unspecified atom stereocenters. The van der Waals surface area contributed by atoms with Crippen molar-refractivity contribution in [2.45, 2.75) is 27.1 Å². The standard InChI is InChI=1S/C7H3Cl4F3N2O4.C7H5F3/c8-5(9)2(7(12,13)14)1-3(15(17)18)6(10,11)4(5)16(19)20;8-7(9,10)6-4-2-1-3-5-6/h1-2,4H;1-5H. The highest BCUT2D eigenvalue weighted by Crippen LogP contribution is 2.56. The van der Waals surface area contributed by atoms with Crippen LogP contribution < -0.4 is 0 Å². The molecule has 16 heteroatoms. The second-order valence-corrected chi connectivity index (χ2v) is 8.51. The molecule has 1 aliphatic carbocycles. The molecule has 0 radical (unpaired) electrons. The molecule has 0 heterocycles. The first kappa shape index (κ1) is 26.5. The summed E-state index contributed by atoms with van der Waals surface area (Å²) in [5.41, 5.74) is -2.00. The van der Waals surface area contributed by atoms with Crippen LogP contribution in [0.3, 0.4) is 0 Å². The van der Waals surface area contributed by atoms with Crippen molar-refractivity contribution in [3.05, 3.63) is 67.9 Å².